The Morgan fingerprint density at radius 2 is 1.76 bits per heavy atom. The number of nitrogens with one attached hydrogen (secondary N) is 2. The highest BCUT2D eigenvalue weighted by molar-refractivity contribution is 5.86. The maximum Gasteiger partial charge on any atom is 0.237 e. The Morgan fingerprint density at radius 1 is 1.03 bits per heavy atom. The van der Waals surface area contributed by atoms with Crippen molar-refractivity contribution < 1.29 is 14.3 Å². The summed E-state index contributed by atoms with van der Waals surface area (Å²) in [4.78, 5) is 15.2. The average Bonchev–Trinajstić information content (AvgIpc) is 3.25. The van der Waals surface area contributed by atoms with Crippen molar-refractivity contribution in [2.75, 3.05) is 27.3 Å². The molecule has 3 aromatic carbocycles. The fourth-order valence-corrected chi connectivity index (χ4v) is 4.67. The summed E-state index contributed by atoms with van der Waals surface area (Å²) in [5, 5.41) is 9.14. The highest BCUT2D eigenvalue weighted by Crippen LogP contribution is 2.26. The number of nitrogens with zero attached hydrogens (tertiary/aromatic N) is 1. The Kier molecular flexibility index (Phi) is 7.47. The molecular weight excluding hydrogens is 414 g/mol. The lowest BCUT2D eigenvalue weighted by Gasteiger charge is -2.24. The summed E-state index contributed by atoms with van der Waals surface area (Å²) in [7, 11) is 3.32. The van der Waals surface area contributed by atoms with Crippen LogP contribution in [0.1, 0.15) is 24.5 Å². The quantitative estimate of drug-likeness (QED) is 0.523. The number of hydrogen-bond acceptors (Lipinski definition) is 5. The summed E-state index contributed by atoms with van der Waals surface area (Å²) in [5.74, 6) is 1.65. The lowest BCUT2D eigenvalue weighted by Crippen LogP contribution is -2.42. The van der Waals surface area contributed by atoms with Crippen LogP contribution in [-0.2, 0) is 17.9 Å². The SMILES string of the molecule is CCNC(=O)[C@@H]1C[C@H](NCc2cc(OC)cc(OC)c2)CN1Cc1cccc2ccccc12. The Labute approximate surface area is 195 Å². The molecule has 6 nitrogen and oxygen atoms in total. The van der Waals surface area contributed by atoms with Crippen molar-refractivity contribution in [3.63, 3.8) is 0 Å². The van der Waals surface area contributed by atoms with Crippen LogP contribution in [0.4, 0.5) is 0 Å². The van der Waals surface area contributed by atoms with Crippen LogP contribution >= 0.6 is 0 Å². The van der Waals surface area contributed by atoms with Crippen LogP contribution in [0, 0.1) is 0 Å². The molecule has 174 valence electrons. The minimum atomic E-state index is -0.152. The van der Waals surface area contributed by atoms with E-state index in [1.54, 1.807) is 14.2 Å². The van der Waals surface area contributed by atoms with Gasteiger partial charge in [0.1, 0.15) is 11.5 Å². The number of carbonyl (C=O) groups excluding carboxylic acids is 1. The molecular formula is C27H33N3O3. The van der Waals surface area contributed by atoms with Crippen LogP contribution in [0.5, 0.6) is 11.5 Å². The monoisotopic (exact) mass is 447 g/mol. The number of rotatable bonds is 9. The maximum atomic E-state index is 12.9. The van der Waals surface area contributed by atoms with Gasteiger partial charge < -0.3 is 20.1 Å². The molecule has 1 heterocycles. The van der Waals surface area contributed by atoms with Gasteiger partial charge in [0.15, 0.2) is 0 Å². The summed E-state index contributed by atoms with van der Waals surface area (Å²) in [6.07, 6.45) is 0.775. The van der Waals surface area contributed by atoms with Crippen LogP contribution in [0.15, 0.2) is 60.7 Å². The molecule has 1 fully saturated rings. The molecule has 0 aromatic heterocycles. The van der Waals surface area contributed by atoms with Gasteiger partial charge in [0.05, 0.1) is 20.3 Å². The third-order valence-electron chi connectivity index (χ3n) is 6.32. The summed E-state index contributed by atoms with van der Waals surface area (Å²) < 4.78 is 10.8. The first-order valence-corrected chi connectivity index (χ1v) is 11.5. The Morgan fingerprint density at radius 3 is 2.48 bits per heavy atom. The predicted octanol–water partition coefficient (Wildman–Crippen LogP) is 3.73. The van der Waals surface area contributed by atoms with Gasteiger partial charge in [-0.3, -0.25) is 9.69 Å². The highest BCUT2D eigenvalue weighted by Gasteiger charge is 2.36. The molecule has 0 spiro atoms. The normalized spacial score (nSPS) is 18.4. The number of ether oxygens (including phenoxy) is 2. The van der Waals surface area contributed by atoms with Crippen LogP contribution in [0.25, 0.3) is 10.8 Å². The molecule has 1 aliphatic heterocycles. The van der Waals surface area contributed by atoms with Crippen molar-refractivity contribution in [3.8, 4) is 11.5 Å². The van der Waals surface area contributed by atoms with Crippen molar-refractivity contribution in [1.29, 1.82) is 0 Å². The minimum Gasteiger partial charge on any atom is -0.497 e. The fourth-order valence-electron chi connectivity index (χ4n) is 4.67. The van der Waals surface area contributed by atoms with E-state index in [2.05, 4.69) is 58.0 Å². The third-order valence-corrected chi connectivity index (χ3v) is 6.32. The lowest BCUT2D eigenvalue weighted by atomic mass is 10.0. The molecule has 4 rings (SSSR count). The summed E-state index contributed by atoms with van der Waals surface area (Å²) in [6.45, 7) is 4.84. The van der Waals surface area contributed by atoms with Crippen LogP contribution in [0.2, 0.25) is 0 Å². The summed E-state index contributed by atoms with van der Waals surface area (Å²) >= 11 is 0. The largest absolute Gasteiger partial charge is 0.497 e. The van der Waals surface area contributed by atoms with E-state index in [9.17, 15) is 4.79 Å². The predicted molar refractivity (Wildman–Crippen MR) is 132 cm³/mol. The first-order valence-electron chi connectivity index (χ1n) is 11.5. The number of benzene rings is 3. The van der Waals surface area contributed by atoms with Gasteiger partial charge in [-0.25, -0.2) is 0 Å². The van der Waals surface area contributed by atoms with E-state index in [0.29, 0.717) is 13.1 Å². The summed E-state index contributed by atoms with van der Waals surface area (Å²) in [6, 6.07) is 20.8. The van der Waals surface area contributed by atoms with E-state index in [1.807, 2.05) is 25.1 Å². The van der Waals surface area contributed by atoms with Gasteiger partial charge in [0.2, 0.25) is 5.91 Å². The van der Waals surface area contributed by atoms with Crippen LogP contribution in [0.3, 0.4) is 0 Å². The number of carbonyl (C=O) groups is 1. The topological polar surface area (TPSA) is 62.8 Å². The number of likely N-dealkylation sites (tertiary alicyclic amines) is 1. The second-order valence-electron chi connectivity index (χ2n) is 8.51. The minimum absolute atomic E-state index is 0.102. The van der Waals surface area contributed by atoms with Gasteiger partial charge >= 0.3 is 0 Å². The Hall–Kier alpha value is -3.09. The van der Waals surface area contributed by atoms with Gasteiger partial charge in [-0.15, -0.1) is 0 Å². The van der Waals surface area contributed by atoms with Gasteiger partial charge in [0, 0.05) is 38.3 Å². The van der Waals surface area contributed by atoms with E-state index in [0.717, 1.165) is 36.6 Å². The van der Waals surface area contributed by atoms with Gasteiger partial charge in [-0.2, -0.15) is 0 Å². The highest BCUT2D eigenvalue weighted by atomic mass is 16.5. The van der Waals surface area contributed by atoms with Gasteiger partial charge in [-0.05, 0) is 47.4 Å². The zero-order chi connectivity index (χ0) is 23.2. The van der Waals surface area contributed by atoms with E-state index in [-0.39, 0.29) is 18.0 Å². The number of fused-ring (bicyclic) bond motifs is 1. The van der Waals surface area contributed by atoms with Crippen molar-refractivity contribution in [2.45, 2.75) is 38.5 Å². The first-order chi connectivity index (χ1) is 16.1. The molecule has 0 bridgehead atoms. The molecule has 1 amide bonds. The molecule has 6 heteroatoms. The second kappa shape index (κ2) is 10.7. The van der Waals surface area contributed by atoms with Gasteiger partial charge in [-0.1, -0.05) is 42.5 Å². The van der Waals surface area contributed by atoms with Crippen molar-refractivity contribution >= 4 is 16.7 Å². The molecule has 0 unspecified atom stereocenters. The first kappa shape index (κ1) is 23.1. The molecule has 0 radical (unpaired) electrons. The molecule has 2 atom stereocenters. The maximum absolute atomic E-state index is 12.9. The molecule has 0 aliphatic carbocycles. The zero-order valence-corrected chi connectivity index (χ0v) is 19.6. The van der Waals surface area contributed by atoms with Crippen molar-refractivity contribution in [3.05, 3.63) is 71.8 Å². The zero-order valence-electron chi connectivity index (χ0n) is 19.6. The molecule has 33 heavy (non-hydrogen) atoms. The lowest BCUT2D eigenvalue weighted by molar-refractivity contribution is -0.125. The van der Waals surface area contributed by atoms with E-state index in [1.165, 1.54) is 16.3 Å². The Bertz CT molecular complexity index is 1070. The fraction of sp³-hybridized carbons (Fsp3) is 0.370. The molecule has 1 aliphatic rings. The van der Waals surface area contributed by atoms with E-state index >= 15 is 0 Å². The average molecular weight is 448 g/mol. The van der Waals surface area contributed by atoms with E-state index in [4.69, 9.17) is 9.47 Å². The standard InChI is InChI=1S/C27H33N3O3/c1-4-28-27(31)26-14-22(29-16-19-12-23(32-2)15-24(13-19)33-3)18-30(26)17-21-10-7-9-20-8-5-6-11-25(20)21/h5-13,15,22,26,29H,4,14,16-18H2,1-3H3,(H,28,31)/t22-,26-/m0/s1. The van der Waals surface area contributed by atoms with Crippen molar-refractivity contribution in [2.24, 2.45) is 0 Å². The van der Waals surface area contributed by atoms with Crippen molar-refractivity contribution in [1.82, 2.24) is 15.5 Å². The van der Waals surface area contributed by atoms with Crippen LogP contribution in [-0.4, -0.2) is 50.2 Å². The number of hydrogen-bond donors (Lipinski definition) is 2. The number of amides is 1. The van der Waals surface area contributed by atoms with Crippen LogP contribution < -0.4 is 20.1 Å². The molecule has 0 saturated carbocycles. The third kappa shape index (κ3) is 5.46. The molecule has 3 aromatic rings. The number of methoxy groups -OCH3 is 2. The summed E-state index contributed by atoms with van der Waals surface area (Å²) in [5.41, 5.74) is 2.34. The second-order valence-corrected chi connectivity index (χ2v) is 8.51. The van der Waals surface area contributed by atoms with E-state index < -0.39 is 0 Å². The number of likely N-dealkylation sites (N-methyl/N-ethyl adjacent to an activating group) is 1. The van der Waals surface area contributed by atoms with Gasteiger partial charge in [0.25, 0.3) is 0 Å². The Balaban J connectivity index is 1.49. The molecule has 1 saturated heterocycles. The smallest absolute Gasteiger partial charge is 0.237 e. The molecule has 2 N–H and O–H groups in total.